The van der Waals surface area contributed by atoms with Gasteiger partial charge >= 0.3 is 0 Å². The zero-order valence-corrected chi connectivity index (χ0v) is 15.7. The van der Waals surface area contributed by atoms with Gasteiger partial charge < -0.3 is 28.5 Å². The van der Waals surface area contributed by atoms with Gasteiger partial charge in [-0.1, -0.05) is 5.57 Å². The molecule has 1 fully saturated rings. The molecule has 0 atom stereocenters. The Balaban J connectivity index is 0.00000147. The van der Waals surface area contributed by atoms with Crippen molar-refractivity contribution in [2.24, 2.45) is 0 Å². The van der Waals surface area contributed by atoms with Gasteiger partial charge in [0.25, 0.3) is 0 Å². The minimum absolute atomic E-state index is 0. The van der Waals surface area contributed by atoms with E-state index in [0.717, 1.165) is 4.48 Å². The highest BCUT2D eigenvalue weighted by Gasteiger charge is 2.25. The molecule has 3 rings (SSSR count). The van der Waals surface area contributed by atoms with Gasteiger partial charge in [0.2, 0.25) is 0 Å². The summed E-state index contributed by atoms with van der Waals surface area (Å²) in [7, 11) is 4.68. The van der Waals surface area contributed by atoms with E-state index in [0.29, 0.717) is 0 Å². The molecule has 0 unspecified atom stereocenters. The number of hydrogen-bond acceptors (Lipinski definition) is 2. The summed E-state index contributed by atoms with van der Waals surface area (Å²) in [6, 6.07) is 4.53. The van der Waals surface area contributed by atoms with Gasteiger partial charge in [0.15, 0.2) is 0 Å². The van der Waals surface area contributed by atoms with Crippen molar-refractivity contribution >= 4 is 28.2 Å². The van der Waals surface area contributed by atoms with E-state index in [1.165, 1.54) is 42.6 Å². The van der Waals surface area contributed by atoms with Crippen LogP contribution in [0, 0.1) is 0 Å². The van der Waals surface area contributed by atoms with E-state index in [9.17, 15) is 0 Å². The minimum Gasteiger partial charge on any atom is -1.00 e. The molecule has 0 bridgehead atoms. The molecule has 0 radical (unpaired) electrons. The topological polar surface area (TPSA) is 0 Å². The molecule has 2 aromatic rings. The zero-order chi connectivity index (χ0) is 13.3. The summed E-state index contributed by atoms with van der Waals surface area (Å²) in [5.41, 5.74) is 5.97. The number of piperidine rings is 1. The Morgan fingerprint density at radius 3 is 1.85 bits per heavy atom. The Morgan fingerprint density at radius 1 is 0.950 bits per heavy atom. The van der Waals surface area contributed by atoms with Gasteiger partial charge in [0.05, 0.1) is 27.2 Å². The van der Waals surface area contributed by atoms with Crippen LogP contribution in [0.15, 0.2) is 39.2 Å². The van der Waals surface area contributed by atoms with Crippen LogP contribution in [-0.4, -0.2) is 31.7 Å². The predicted molar refractivity (Wildman–Crippen MR) is 85.7 cm³/mol. The summed E-state index contributed by atoms with van der Waals surface area (Å²) in [5, 5.41) is 8.94. The van der Waals surface area contributed by atoms with E-state index in [2.05, 4.69) is 47.7 Å². The van der Waals surface area contributed by atoms with Crippen molar-refractivity contribution in [1.82, 2.24) is 0 Å². The lowest BCUT2D eigenvalue weighted by atomic mass is 9.90. The highest BCUT2D eigenvalue weighted by Crippen LogP contribution is 2.34. The van der Waals surface area contributed by atoms with Gasteiger partial charge in [0.1, 0.15) is 0 Å². The first-order chi connectivity index (χ1) is 9.16. The maximum Gasteiger partial charge on any atom is 0.0820 e. The Hall–Kier alpha value is -0.170. The molecular formula is C16H20INS2. The van der Waals surface area contributed by atoms with Crippen LogP contribution < -0.4 is 24.0 Å². The second-order valence-corrected chi connectivity index (χ2v) is 7.45. The van der Waals surface area contributed by atoms with Crippen LogP contribution in [0.25, 0.3) is 5.57 Å². The average molecular weight is 417 g/mol. The SMILES string of the molecule is C[N+]1(C)CCC(=C(c2ccsc2)c2ccsc2)CC1.[I-]. The second kappa shape index (κ2) is 6.73. The maximum atomic E-state index is 2.34. The van der Waals surface area contributed by atoms with Crippen LogP contribution >= 0.6 is 22.7 Å². The number of thiophene rings is 2. The number of quaternary nitrogens is 1. The zero-order valence-electron chi connectivity index (χ0n) is 11.9. The molecule has 2 aromatic heterocycles. The quantitative estimate of drug-likeness (QED) is 0.513. The van der Waals surface area contributed by atoms with Crippen LogP contribution in [0.2, 0.25) is 0 Å². The largest absolute Gasteiger partial charge is 1.00 e. The third kappa shape index (κ3) is 3.53. The molecule has 1 nitrogen and oxygen atoms in total. The van der Waals surface area contributed by atoms with E-state index in [4.69, 9.17) is 0 Å². The van der Waals surface area contributed by atoms with Crippen molar-refractivity contribution in [2.45, 2.75) is 12.8 Å². The lowest BCUT2D eigenvalue weighted by Crippen LogP contribution is -3.00. The first-order valence-electron chi connectivity index (χ1n) is 6.75. The molecule has 0 N–H and O–H groups in total. The Bertz CT molecular complexity index is 519. The molecule has 1 saturated heterocycles. The number of halogens is 1. The molecule has 1 aliphatic heterocycles. The van der Waals surface area contributed by atoms with Crippen LogP contribution in [0.4, 0.5) is 0 Å². The Morgan fingerprint density at radius 2 is 1.45 bits per heavy atom. The van der Waals surface area contributed by atoms with Gasteiger partial charge in [-0.2, -0.15) is 22.7 Å². The van der Waals surface area contributed by atoms with Crippen LogP contribution in [0.5, 0.6) is 0 Å². The molecule has 1 aliphatic rings. The fourth-order valence-corrected chi connectivity index (χ4v) is 4.04. The van der Waals surface area contributed by atoms with E-state index in [-0.39, 0.29) is 24.0 Å². The second-order valence-electron chi connectivity index (χ2n) is 5.89. The van der Waals surface area contributed by atoms with E-state index in [1.54, 1.807) is 28.2 Å². The van der Waals surface area contributed by atoms with Crippen molar-refractivity contribution in [1.29, 1.82) is 0 Å². The molecule has 20 heavy (non-hydrogen) atoms. The van der Waals surface area contributed by atoms with Gasteiger partial charge in [-0.15, -0.1) is 0 Å². The van der Waals surface area contributed by atoms with Crippen molar-refractivity contribution in [2.75, 3.05) is 27.2 Å². The van der Waals surface area contributed by atoms with Crippen LogP contribution in [0.3, 0.4) is 0 Å². The van der Waals surface area contributed by atoms with Gasteiger partial charge in [0, 0.05) is 12.8 Å². The monoisotopic (exact) mass is 417 g/mol. The van der Waals surface area contributed by atoms with Crippen molar-refractivity contribution in [3.05, 3.63) is 50.4 Å². The Kier molecular flexibility index (Phi) is 5.45. The van der Waals surface area contributed by atoms with Gasteiger partial charge in [-0.25, -0.2) is 0 Å². The number of rotatable bonds is 2. The summed E-state index contributed by atoms with van der Waals surface area (Å²) >= 11 is 3.59. The summed E-state index contributed by atoms with van der Waals surface area (Å²) in [6.45, 7) is 2.51. The van der Waals surface area contributed by atoms with E-state index >= 15 is 0 Å². The maximum absolute atomic E-state index is 2.34. The summed E-state index contributed by atoms with van der Waals surface area (Å²) in [4.78, 5) is 0. The first kappa shape index (κ1) is 16.2. The van der Waals surface area contributed by atoms with E-state index in [1.807, 2.05) is 0 Å². The van der Waals surface area contributed by atoms with Crippen molar-refractivity contribution in [3.63, 3.8) is 0 Å². The third-order valence-corrected chi connectivity index (χ3v) is 5.38. The third-order valence-electron chi connectivity index (χ3n) is 4.01. The smallest absolute Gasteiger partial charge is 0.0820 e. The normalized spacial score (nSPS) is 17.6. The molecule has 0 saturated carbocycles. The average Bonchev–Trinajstić information content (AvgIpc) is 3.05. The lowest BCUT2D eigenvalue weighted by molar-refractivity contribution is -0.892. The molecule has 3 heterocycles. The number of nitrogens with zero attached hydrogens (tertiary/aromatic N) is 1. The van der Waals surface area contributed by atoms with Crippen LogP contribution in [0.1, 0.15) is 24.0 Å². The predicted octanol–water partition coefficient (Wildman–Crippen LogP) is 1.49. The fourth-order valence-electron chi connectivity index (χ4n) is 2.75. The summed E-state index contributed by atoms with van der Waals surface area (Å²) in [6.07, 6.45) is 2.46. The summed E-state index contributed by atoms with van der Waals surface area (Å²) in [5.74, 6) is 0. The molecule has 4 heteroatoms. The van der Waals surface area contributed by atoms with E-state index < -0.39 is 0 Å². The number of hydrogen-bond donors (Lipinski definition) is 0. The van der Waals surface area contributed by atoms with Gasteiger partial charge in [-0.05, 0) is 50.4 Å². The minimum atomic E-state index is 0. The highest BCUT2D eigenvalue weighted by atomic mass is 127. The van der Waals surface area contributed by atoms with Crippen molar-refractivity contribution in [3.8, 4) is 0 Å². The first-order valence-corrected chi connectivity index (χ1v) is 8.63. The Labute approximate surface area is 146 Å². The standard InChI is InChI=1S/C16H20NS2.HI/c1-17(2)7-3-13(4-8-17)16(14-5-9-18-11-14)15-6-10-19-12-15;/h5-6,9-12H,3-4,7-8H2,1-2H3;1H/q+1;/p-1. The van der Waals surface area contributed by atoms with Gasteiger partial charge in [-0.3, -0.25) is 0 Å². The fraction of sp³-hybridized carbons (Fsp3) is 0.375. The molecule has 0 aliphatic carbocycles. The molecule has 108 valence electrons. The molecule has 0 amide bonds. The highest BCUT2D eigenvalue weighted by molar-refractivity contribution is 7.08. The van der Waals surface area contributed by atoms with Crippen molar-refractivity contribution < 1.29 is 28.5 Å². The van der Waals surface area contributed by atoms with Crippen LogP contribution in [-0.2, 0) is 0 Å². The molecular weight excluding hydrogens is 397 g/mol. The number of likely N-dealkylation sites (tertiary alicyclic amines) is 1. The molecule has 0 aromatic carbocycles. The molecule has 0 spiro atoms. The lowest BCUT2D eigenvalue weighted by Gasteiger charge is -2.35. The summed E-state index contributed by atoms with van der Waals surface area (Å²) < 4.78 is 1.16.